The Morgan fingerprint density at radius 3 is 3.05 bits per heavy atom. The van der Waals surface area contributed by atoms with Gasteiger partial charge in [0.25, 0.3) is 0 Å². The lowest BCUT2D eigenvalue weighted by Crippen LogP contribution is -2.08. The molecule has 1 aliphatic rings. The zero-order chi connectivity index (χ0) is 13.2. The Balaban J connectivity index is 1.93. The second-order valence-corrected chi connectivity index (χ2v) is 4.85. The van der Waals surface area contributed by atoms with Crippen molar-refractivity contribution in [1.82, 2.24) is 15.5 Å². The molecule has 1 aliphatic heterocycles. The predicted molar refractivity (Wildman–Crippen MR) is 71.3 cm³/mol. The van der Waals surface area contributed by atoms with Gasteiger partial charge in [-0.25, -0.2) is 0 Å². The van der Waals surface area contributed by atoms with Crippen LogP contribution < -0.4 is 10.1 Å². The van der Waals surface area contributed by atoms with E-state index in [1.807, 2.05) is 25.1 Å². The molecule has 1 saturated heterocycles. The zero-order valence-electron chi connectivity index (χ0n) is 11.1. The molecule has 5 heteroatoms. The van der Waals surface area contributed by atoms with Crippen molar-refractivity contribution in [2.45, 2.75) is 19.3 Å². The van der Waals surface area contributed by atoms with Crippen LogP contribution >= 0.6 is 0 Å². The molecule has 1 N–H and O–H groups in total. The van der Waals surface area contributed by atoms with Crippen molar-refractivity contribution in [2.24, 2.45) is 0 Å². The van der Waals surface area contributed by atoms with E-state index in [0.29, 0.717) is 17.6 Å². The van der Waals surface area contributed by atoms with Crippen LogP contribution in [0.1, 0.15) is 23.8 Å². The molecule has 0 aliphatic carbocycles. The Labute approximate surface area is 112 Å². The van der Waals surface area contributed by atoms with Gasteiger partial charge in [0, 0.05) is 6.54 Å². The summed E-state index contributed by atoms with van der Waals surface area (Å²) in [5.41, 5.74) is 2.01. The van der Waals surface area contributed by atoms with Crippen molar-refractivity contribution < 1.29 is 9.26 Å². The molecule has 3 rings (SSSR count). The number of rotatable bonds is 3. The van der Waals surface area contributed by atoms with Crippen LogP contribution in [-0.4, -0.2) is 30.3 Å². The highest BCUT2D eigenvalue weighted by Crippen LogP contribution is 2.30. The van der Waals surface area contributed by atoms with Crippen LogP contribution in [0.3, 0.4) is 0 Å². The SMILES string of the molecule is COc1cc(C)ccc1-c1noc(C2CCNC2)n1. The summed E-state index contributed by atoms with van der Waals surface area (Å²) in [5, 5.41) is 7.37. The summed E-state index contributed by atoms with van der Waals surface area (Å²) in [6.45, 7) is 3.95. The lowest BCUT2D eigenvalue weighted by Gasteiger charge is -2.05. The summed E-state index contributed by atoms with van der Waals surface area (Å²) in [6.07, 6.45) is 1.05. The van der Waals surface area contributed by atoms with Crippen molar-refractivity contribution in [3.05, 3.63) is 29.7 Å². The number of nitrogens with one attached hydrogen (secondary N) is 1. The van der Waals surface area contributed by atoms with Crippen LogP contribution in [-0.2, 0) is 0 Å². The molecular weight excluding hydrogens is 242 g/mol. The molecule has 1 fully saturated rings. The average Bonchev–Trinajstić information content (AvgIpc) is 3.09. The van der Waals surface area contributed by atoms with Gasteiger partial charge < -0.3 is 14.6 Å². The zero-order valence-corrected chi connectivity index (χ0v) is 11.1. The van der Waals surface area contributed by atoms with E-state index < -0.39 is 0 Å². The summed E-state index contributed by atoms with van der Waals surface area (Å²) in [7, 11) is 1.65. The minimum absolute atomic E-state index is 0.331. The number of methoxy groups -OCH3 is 1. The van der Waals surface area contributed by atoms with E-state index in [1.165, 1.54) is 0 Å². The van der Waals surface area contributed by atoms with Gasteiger partial charge in [-0.1, -0.05) is 11.2 Å². The number of benzene rings is 1. The number of aryl methyl sites for hydroxylation is 1. The van der Waals surface area contributed by atoms with E-state index in [4.69, 9.17) is 9.26 Å². The number of hydrogen-bond acceptors (Lipinski definition) is 5. The summed E-state index contributed by atoms with van der Waals surface area (Å²) in [6, 6.07) is 5.96. The topological polar surface area (TPSA) is 60.2 Å². The molecule has 0 bridgehead atoms. The van der Waals surface area contributed by atoms with E-state index in [1.54, 1.807) is 7.11 Å². The standard InChI is InChI=1S/C14H17N3O2/c1-9-3-4-11(12(7-9)18-2)13-16-14(19-17-13)10-5-6-15-8-10/h3-4,7,10,15H,5-6,8H2,1-2H3. The smallest absolute Gasteiger partial charge is 0.231 e. The summed E-state index contributed by atoms with van der Waals surface area (Å²) in [5.74, 6) is 2.41. The van der Waals surface area contributed by atoms with Crippen molar-refractivity contribution >= 4 is 0 Å². The highest BCUT2D eigenvalue weighted by Gasteiger charge is 2.23. The third kappa shape index (κ3) is 2.33. The number of aromatic nitrogens is 2. The molecule has 1 aromatic heterocycles. The van der Waals surface area contributed by atoms with Gasteiger partial charge in [-0.2, -0.15) is 4.98 Å². The van der Waals surface area contributed by atoms with Gasteiger partial charge in [0.1, 0.15) is 5.75 Å². The monoisotopic (exact) mass is 259 g/mol. The average molecular weight is 259 g/mol. The first-order valence-electron chi connectivity index (χ1n) is 6.47. The van der Waals surface area contributed by atoms with Crippen LogP contribution in [0.4, 0.5) is 0 Å². The summed E-state index contributed by atoms with van der Waals surface area (Å²) < 4.78 is 10.8. The number of hydrogen-bond donors (Lipinski definition) is 1. The van der Waals surface area contributed by atoms with Crippen molar-refractivity contribution in [3.8, 4) is 17.1 Å². The largest absolute Gasteiger partial charge is 0.496 e. The van der Waals surface area contributed by atoms with E-state index in [9.17, 15) is 0 Å². The highest BCUT2D eigenvalue weighted by atomic mass is 16.5. The maximum atomic E-state index is 5.38. The van der Waals surface area contributed by atoms with Gasteiger partial charge in [0.05, 0.1) is 18.6 Å². The molecular formula is C14H17N3O2. The minimum Gasteiger partial charge on any atom is -0.496 e. The van der Waals surface area contributed by atoms with Crippen LogP contribution in [0, 0.1) is 6.92 Å². The van der Waals surface area contributed by atoms with Gasteiger partial charge >= 0.3 is 0 Å². The molecule has 5 nitrogen and oxygen atoms in total. The van der Waals surface area contributed by atoms with Crippen molar-refractivity contribution in [3.63, 3.8) is 0 Å². The normalized spacial score (nSPS) is 18.7. The molecule has 0 radical (unpaired) electrons. The molecule has 1 unspecified atom stereocenters. The van der Waals surface area contributed by atoms with E-state index in [0.717, 1.165) is 36.4 Å². The maximum absolute atomic E-state index is 5.38. The lowest BCUT2D eigenvalue weighted by molar-refractivity contribution is 0.359. The van der Waals surface area contributed by atoms with Crippen molar-refractivity contribution in [2.75, 3.05) is 20.2 Å². The molecule has 0 saturated carbocycles. The second kappa shape index (κ2) is 5.01. The maximum Gasteiger partial charge on any atom is 0.231 e. The van der Waals surface area contributed by atoms with Crippen molar-refractivity contribution in [1.29, 1.82) is 0 Å². The Kier molecular flexibility index (Phi) is 3.21. The Bertz CT molecular complexity index is 574. The lowest BCUT2D eigenvalue weighted by atomic mass is 10.1. The molecule has 1 atom stereocenters. The van der Waals surface area contributed by atoms with Crippen LogP contribution in [0.2, 0.25) is 0 Å². The predicted octanol–water partition coefficient (Wildman–Crippen LogP) is 2.13. The molecule has 19 heavy (non-hydrogen) atoms. The third-order valence-corrected chi connectivity index (χ3v) is 3.45. The van der Waals surface area contributed by atoms with E-state index in [2.05, 4.69) is 15.5 Å². The molecule has 2 aromatic rings. The van der Waals surface area contributed by atoms with Gasteiger partial charge in [0.15, 0.2) is 0 Å². The van der Waals surface area contributed by atoms with E-state index >= 15 is 0 Å². The second-order valence-electron chi connectivity index (χ2n) is 4.85. The quantitative estimate of drug-likeness (QED) is 0.915. The minimum atomic E-state index is 0.331. The van der Waals surface area contributed by atoms with Gasteiger partial charge in [0.2, 0.25) is 11.7 Å². The first-order valence-corrected chi connectivity index (χ1v) is 6.47. The Hall–Kier alpha value is -1.88. The summed E-state index contributed by atoms with van der Waals surface area (Å²) >= 11 is 0. The molecule has 0 amide bonds. The van der Waals surface area contributed by atoms with Gasteiger partial charge in [-0.05, 0) is 37.6 Å². The first kappa shape index (κ1) is 12.2. The van der Waals surface area contributed by atoms with Gasteiger partial charge in [-0.15, -0.1) is 0 Å². The molecule has 2 heterocycles. The third-order valence-electron chi connectivity index (χ3n) is 3.45. The van der Waals surface area contributed by atoms with Gasteiger partial charge in [-0.3, -0.25) is 0 Å². The number of nitrogens with zero attached hydrogens (tertiary/aromatic N) is 2. The molecule has 0 spiro atoms. The van der Waals surface area contributed by atoms with Crippen LogP contribution in [0.15, 0.2) is 22.7 Å². The Morgan fingerprint density at radius 1 is 1.42 bits per heavy atom. The fraction of sp³-hybridized carbons (Fsp3) is 0.429. The highest BCUT2D eigenvalue weighted by molar-refractivity contribution is 5.64. The molecule has 1 aromatic carbocycles. The summed E-state index contributed by atoms with van der Waals surface area (Å²) in [4.78, 5) is 4.50. The first-order chi connectivity index (χ1) is 9.28. The fourth-order valence-electron chi connectivity index (χ4n) is 2.36. The fourth-order valence-corrected chi connectivity index (χ4v) is 2.36. The van der Waals surface area contributed by atoms with Crippen LogP contribution in [0.25, 0.3) is 11.4 Å². The number of ether oxygens (including phenoxy) is 1. The van der Waals surface area contributed by atoms with Crippen LogP contribution in [0.5, 0.6) is 5.75 Å². The molecule has 100 valence electrons. The van der Waals surface area contributed by atoms with E-state index in [-0.39, 0.29) is 0 Å². The Morgan fingerprint density at radius 2 is 2.32 bits per heavy atom.